The van der Waals surface area contributed by atoms with Crippen molar-refractivity contribution in [3.63, 3.8) is 0 Å². The molecule has 0 saturated carbocycles. The van der Waals surface area contributed by atoms with Crippen molar-refractivity contribution >= 4 is 27.5 Å². The van der Waals surface area contributed by atoms with Crippen LogP contribution < -0.4 is 5.32 Å². The van der Waals surface area contributed by atoms with Crippen LogP contribution in [0.25, 0.3) is 0 Å². The number of aromatic nitrogens is 1. The van der Waals surface area contributed by atoms with E-state index in [1.165, 1.54) is 0 Å². The predicted octanol–water partition coefficient (Wildman–Crippen LogP) is 3.82. The van der Waals surface area contributed by atoms with E-state index in [4.69, 9.17) is 0 Å². The average Bonchev–Trinajstić information content (AvgIpc) is 2.38. The molecular weight excluding hydrogens is 337 g/mol. The molecule has 2 rings (SSSR count). The maximum Gasteiger partial charge on any atom is 0.255 e. The van der Waals surface area contributed by atoms with Crippen LogP contribution in [0.4, 0.5) is 18.9 Å². The van der Waals surface area contributed by atoms with Gasteiger partial charge in [0.05, 0.1) is 11.4 Å². The van der Waals surface area contributed by atoms with E-state index >= 15 is 0 Å². The van der Waals surface area contributed by atoms with Crippen molar-refractivity contribution in [2.45, 2.75) is 6.92 Å². The molecule has 104 valence electrons. The molecule has 3 nitrogen and oxygen atoms in total. The molecule has 0 aliphatic rings. The Morgan fingerprint density at radius 3 is 2.35 bits per heavy atom. The van der Waals surface area contributed by atoms with Gasteiger partial charge in [0.2, 0.25) is 0 Å². The molecule has 1 heterocycles. The van der Waals surface area contributed by atoms with Gasteiger partial charge in [-0.1, -0.05) is 0 Å². The van der Waals surface area contributed by atoms with E-state index in [0.29, 0.717) is 28.1 Å². The van der Waals surface area contributed by atoms with Crippen LogP contribution in [0, 0.1) is 24.4 Å². The Morgan fingerprint density at radius 2 is 1.80 bits per heavy atom. The summed E-state index contributed by atoms with van der Waals surface area (Å²) >= 11 is 3.17. The quantitative estimate of drug-likeness (QED) is 0.664. The van der Waals surface area contributed by atoms with E-state index in [0.717, 1.165) is 0 Å². The van der Waals surface area contributed by atoms with E-state index in [9.17, 15) is 18.0 Å². The summed E-state index contributed by atoms with van der Waals surface area (Å²) in [4.78, 5) is 15.9. The highest BCUT2D eigenvalue weighted by atomic mass is 79.9. The number of nitrogens with one attached hydrogen (secondary N) is 1. The third kappa shape index (κ3) is 2.98. The molecule has 0 radical (unpaired) electrons. The summed E-state index contributed by atoms with van der Waals surface area (Å²) in [5.41, 5.74) is 0.600. The maximum atomic E-state index is 13.1. The molecule has 1 amide bonds. The van der Waals surface area contributed by atoms with Crippen molar-refractivity contribution in [1.29, 1.82) is 0 Å². The number of carbonyl (C=O) groups is 1. The van der Waals surface area contributed by atoms with Gasteiger partial charge in [0.15, 0.2) is 17.5 Å². The number of hydrogen-bond donors (Lipinski definition) is 1. The van der Waals surface area contributed by atoms with Gasteiger partial charge in [-0.3, -0.25) is 4.79 Å². The fourth-order valence-electron chi connectivity index (χ4n) is 1.54. The lowest BCUT2D eigenvalue weighted by Crippen LogP contribution is -2.14. The molecule has 1 aromatic heterocycles. The number of benzene rings is 1. The number of halogens is 4. The van der Waals surface area contributed by atoms with E-state index in [1.54, 1.807) is 19.1 Å². The Kier molecular flexibility index (Phi) is 4.08. The zero-order valence-electron chi connectivity index (χ0n) is 10.2. The smallest absolute Gasteiger partial charge is 0.255 e. The average molecular weight is 345 g/mol. The van der Waals surface area contributed by atoms with E-state index in [-0.39, 0.29) is 5.56 Å². The summed E-state index contributed by atoms with van der Waals surface area (Å²) in [6, 6.07) is 4.46. The lowest BCUT2D eigenvalue weighted by Gasteiger charge is -2.08. The van der Waals surface area contributed by atoms with Gasteiger partial charge in [-0.15, -0.1) is 0 Å². The van der Waals surface area contributed by atoms with E-state index < -0.39 is 23.4 Å². The molecule has 0 bridgehead atoms. The first-order valence-electron chi connectivity index (χ1n) is 5.47. The van der Waals surface area contributed by atoms with Gasteiger partial charge in [0, 0.05) is 5.56 Å². The highest BCUT2D eigenvalue weighted by Gasteiger charge is 2.15. The molecule has 0 atom stereocenters. The minimum Gasteiger partial charge on any atom is -0.320 e. The van der Waals surface area contributed by atoms with Gasteiger partial charge in [0.25, 0.3) is 5.91 Å². The highest BCUT2D eigenvalue weighted by molar-refractivity contribution is 9.10. The second-order valence-corrected chi connectivity index (χ2v) is 4.79. The summed E-state index contributed by atoms with van der Waals surface area (Å²) in [5, 5.41) is 2.45. The molecule has 1 aromatic carbocycles. The van der Waals surface area contributed by atoms with Crippen molar-refractivity contribution < 1.29 is 18.0 Å². The first-order valence-corrected chi connectivity index (χ1v) is 6.27. The van der Waals surface area contributed by atoms with Crippen molar-refractivity contribution in [2.24, 2.45) is 0 Å². The molecule has 0 unspecified atom stereocenters. The molecule has 7 heteroatoms. The molecule has 0 spiro atoms. The van der Waals surface area contributed by atoms with Crippen molar-refractivity contribution in [1.82, 2.24) is 4.98 Å². The summed E-state index contributed by atoms with van der Waals surface area (Å²) in [6.07, 6.45) is 0. The maximum absolute atomic E-state index is 13.1. The first kappa shape index (κ1) is 14.5. The van der Waals surface area contributed by atoms with Crippen LogP contribution in [-0.2, 0) is 0 Å². The lowest BCUT2D eigenvalue weighted by atomic mass is 10.2. The van der Waals surface area contributed by atoms with Crippen LogP contribution in [0.3, 0.4) is 0 Å². The number of amides is 1. The Bertz CT molecular complexity index is 668. The summed E-state index contributed by atoms with van der Waals surface area (Å²) in [5.74, 6) is -5.19. The Labute approximate surface area is 121 Å². The summed E-state index contributed by atoms with van der Waals surface area (Å²) in [7, 11) is 0. The molecule has 0 fully saturated rings. The fraction of sp³-hybridized carbons (Fsp3) is 0.0769. The Morgan fingerprint density at radius 1 is 1.20 bits per heavy atom. The predicted molar refractivity (Wildman–Crippen MR) is 70.9 cm³/mol. The number of carbonyl (C=O) groups excluding carboxylic acids is 1. The molecule has 2 aromatic rings. The second kappa shape index (κ2) is 5.62. The van der Waals surface area contributed by atoms with Crippen LogP contribution in [0.15, 0.2) is 28.9 Å². The van der Waals surface area contributed by atoms with Gasteiger partial charge >= 0.3 is 0 Å². The largest absolute Gasteiger partial charge is 0.320 e. The molecule has 0 aliphatic heterocycles. The molecule has 0 aliphatic carbocycles. The van der Waals surface area contributed by atoms with E-state index in [1.807, 2.05) is 0 Å². The topological polar surface area (TPSA) is 42.0 Å². The van der Waals surface area contributed by atoms with E-state index in [2.05, 4.69) is 26.2 Å². The molecular formula is C13H8BrF3N2O. The van der Waals surface area contributed by atoms with Gasteiger partial charge < -0.3 is 5.32 Å². The van der Waals surface area contributed by atoms with Crippen LogP contribution in [-0.4, -0.2) is 10.9 Å². The van der Waals surface area contributed by atoms with Crippen molar-refractivity contribution in [3.8, 4) is 0 Å². The Hall–Kier alpha value is -1.89. The van der Waals surface area contributed by atoms with Gasteiger partial charge in [0.1, 0.15) is 4.60 Å². The summed E-state index contributed by atoms with van der Waals surface area (Å²) < 4.78 is 39.5. The SMILES string of the molecule is Cc1nc(Br)ccc1NC(=O)c1cc(F)c(F)c(F)c1. The minimum absolute atomic E-state index is 0.316. The third-order valence-corrected chi connectivity index (χ3v) is 2.99. The lowest BCUT2D eigenvalue weighted by molar-refractivity contribution is 0.102. The van der Waals surface area contributed by atoms with Gasteiger partial charge in [-0.25, -0.2) is 18.2 Å². The zero-order chi connectivity index (χ0) is 14.9. The first-order chi connectivity index (χ1) is 9.38. The van der Waals surface area contributed by atoms with Crippen molar-refractivity contribution in [3.05, 3.63) is 57.6 Å². The standard InChI is InChI=1S/C13H8BrF3N2O/c1-6-10(2-3-11(14)18-6)19-13(20)7-4-8(15)12(17)9(16)5-7/h2-5H,1H3,(H,19,20). The molecule has 20 heavy (non-hydrogen) atoms. The number of rotatable bonds is 2. The number of pyridine rings is 1. The number of nitrogens with zero attached hydrogens (tertiary/aromatic N) is 1. The fourth-order valence-corrected chi connectivity index (χ4v) is 1.94. The van der Waals surface area contributed by atoms with Gasteiger partial charge in [-0.05, 0) is 47.1 Å². The van der Waals surface area contributed by atoms with Crippen LogP contribution in [0.5, 0.6) is 0 Å². The Balaban J connectivity index is 2.28. The van der Waals surface area contributed by atoms with Crippen LogP contribution in [0.2, 0.25) is 0 Å². The normalized spacial score (nSPS) is 10.4. The van der Waals surface area contributed by atoms with Crippen molar-refractivity contribution in [2.75, 3.05) is 5.32 Å². The third-order valence-electron chi connectivity index (χ3n) is 2.55. The second-order valence-electron chi connectivity index (χ2n) is 3.97. The van der Waals surface area contributed by atoms with Crippen LogP contribution >= 0.6 is 15.9 Å². The minimum atomic E-state index is -1.61. The number of hydrogen-bond acceptors (Lipinski definition) is 2. The molecule has 1 N–H and O–H groups in total. The van der Waals surface area contributed by atoms with Crippen LogP contribution in [0.1, 0.15) is 16.1 Å². The van der Waals surface area contributed by atoms with Gasteiger partial charge in [-0.2, -0.15) is 0 Å². The zero-order valence-corrected chi connectivity index (χ0v) is 11.8. The highest BCUT2D eigenvalue weighted by Crippen LogP contribution is 2.18. The number of anilines is 1. The summed E-state index contributed by atoms with van der Waals surface area (Å²) in [6.45, 7) is 1.66. The monoisotopic (exact) mass is 344 g/mol. The number of aryl methyl sites for hydroxylation is 1. The molecule has 0 saturated heterocycles.